The first-order valence-electron chi connectivity index (χ1n) is 6.46. The van der Waals surface area contributed by atoms with Gasteiger partial charge >= 0.3 is 11.9 Å². The van der Waals surface area contributed by atoms with Crippen molar-refractivity contribution in [3.8, 4) is 5.75 Å². The van der Waals surface area contributed by atoms with Crippen molar-refractivity contribution in [1.82, 2.24) is 0 Å². The molecule has 0 bridgehead atoms. The molecule has 0 heterocycles. The van der Waals surface area contributed by atoms with Gasteiger partial charge in [0.25, 0.3) is 0 Å². The number of halogens is 2. The lowest BCUT2D eigenvalue weighted by Gasteiger charge is -2.09. The topological polar surface area (TPSA) is 52.6 Å². The normalized spacial score (nSPS) is 10.1. The van der Waals surface area contributed by atoms with E-state index in [1.165, 1.54) is 0 Å². The van der Waals surface area contributed by atoms with E-state index in [1.807, 2.05) is 12.1 Å². The zero-order valence-electron chi connectivity index (χ0n) is 11.6. The summed E-state index contributed by atoms with van der Waals surface area (Å²) in [5, 5.41) is 0. The second-order valence-corrected chi connectivity index (χ2v) is 6.25. The van der Waals surface area contributed by atoms with Crippen LogP contribution >= 0.6 is 38.5 Å². The van der Waals surface area contributed by atoms with Crippen molar-refractivity contribution in [2.75, 3.05) is 6.61 Å². The average molecular weight is 475 g/mol. The molecule has 0 atom stereocenters. The van der Waals surface area contributed by atoms with Gasteiger partial charge in [-0.05, 0) is 75.8 Å². The monoisotopic (exact) mass is 474 g/mol. The molecular formula is C16H12BrIO4. The Morgan fingerprint density at radius 3 is 2.50 bits per heavy atom. The zero-order chi connectivity index (χ0) is 16.1. The predicted molar refractivity (Wildman–Crippen MR) is 94.2 cm³/mol. The van der Waals surface area contributed by atoms with Crippen molar-refractivity contribution < 1.29 is 19.1 Å². The van der Waals surface area contributed by atoms with E-state index in [0.717, 1.165) is 3.57 Å². The highest BCUT2D eigenvalue weighted by atomic mass is 127. The predicted octanol–water partition coefficient (Wildman–Crippen LogP) is 4.45. The number of ether oxygens (including phenoxy) is 2. The van der Waals surface area contributed by atoms with E-state index < -0.39 is 11.9 Å². The summed E-state index contributed by atoms with van der Waals surface area (Å²) < 4.78 is 11.6. The Labute approximate surface area is 150 Å². The van der Waals surface area contributed by atoms with Crippen LogP contribution in [0.4, 0.5) is 0 Å². The van der Waals surface area contributed by atoms with Crippen molar-refractivity contribution in [3.05, 3.63) is 61.6 Å². The van der Waals surface area contributed by atoms with Gasteiger partial charge in [0.2, 0.25) is 0 Å². The van der Waals surface area contributed by atoms with Crippen LogP contribution < -0.4 is 4.74 Å². The molecule has 0 N–H and O–H groups in total. The van der Waals surface area contributed by atoms with Gasteiger partial charge in [-0.1, -0.05) is 12.1 Å². The number of carbonyl (C=O) groups is 2. The van der Waals surface area contributed by atoms with Crippen LogP contribution in [0.3, 0.4) is 0 Å². The van der Waals surface area contributed by atoms with Gasteiger partial charge in [-0.3, -0.25) is 0 Å². The Bertz CT molecular complexity index is 715. The van der Waals surface area contributed by atoms with Crippen LogP contribution in [0.25, 0.3) is 0 Å². The summed E-state index contributed by atoms with van der Waals surface area (Å²) in [4.78, 5) is 23.8. The van der Waals surface area contributed by atoms with E-state index in [0.29, 0.717) is 28.0 Å². The molecule has 2 rings (SSSR count). The van der Waals surface area contributed by atoms with Crippen molar-refractivity contribution in [2.45, 2.75) is 6.92 Å². The molecule has 2 aromatic rings. The second kappa shape index (κ2) is 7.73. The third-order valence-corrected chi connectivity index (χ3v) is 4.30. The molecule has 0 saturated heterocycles. The van der Waals surface area contributed by atoms with Gasteiger partial charge in [-0.15, -0.1) is 0 Å². The fourth-order valence-electron chi connectivity index (χ4n) is 1.71. The lowest BCUT2D eigenvalue weighted by molar-refractivity contribution is 0.0526. The summed E-state index contributed by atoms with van der Waals surface area (Å²) in [6, 6.07) is 11.8. The van der Waals surface area contributed by atoms with Gasteiger partial charge in [0.05, 0.1) is 22.2 Å². The molecule has 0 saturated carbocycles. The Morgan fingerprint density at radius 1 is 1.14 bits per heavy atom. The molecule has 114 valence electrons. The van der Waals surface area contributed by atoms with E-state index in [9.17, 15) is 9.59 Å². The summed E-state index contributed by atoms with van der Waals surface area (Å²) in [5.41, 5.74) is 0.882. The quantitative estimate of drug-likeness (QED) is 0.373. The third kappa shape index (κ3) is 4.07. The van der Waals surface area contributed by atoms with Gasteiger partial charge in [0, 0.05) is 3.57 Å². The highest BCUT2D eigenvalue weighted by Gasteiger charge is 2.15. The largest absolute Gasteiger partial charge is 0.462 e. The van der Waals surface area contributed by atoms with Gasteiger partial charge < -0.3 is 9.47 Å². The third-order valence-electron chi connectivity index (χ3n) is 2.74. The molecule has 6 heteroatoms. The number of benzene rings is 2. The van der Waals surface area contributed by atoms with Gasteiger partial charge in [-0.25, -0.2) is 9.59 Å². The molecule has 22 heavy (non-hydrogen) atoms. The van der Waals surface area contributed by atoms with Crippen LogP contribution in [0.15, 0.2) is 46.9 Å². The minimum atomic E-state index is -0.449. The molecule has 0 unspecified atom stereocenters. The summed E-state index contributed by atoms with van der Waals surface area (Å²) >= 11 is 5.38. The first-order chi connectivity index (χ1) is 10.5. The average Bonchev–Trinajstić information content (AvgIpc) is 2.49. The van der Waals surface area contributed by atoms with Crippen LogP contribution in [-0.4, -0.2) is 18.5 Å². The number of rotatable bonds is 4. The van der Waals surface area contributed by atoms with Crippen molar-refractivity contribution in [3.63, 3.8) is 0 Å². The van der Waals surface area contributed by atoms with Gasteiger partial charge in [-0.2, -0.15) is 0 Å². The van der Waals surface area contributed by atoms with E-state index in [-0.39, 0.29) is 0 Å². The smallest absolute Gasteiger partial charge is 0.344 e. The van der Waals surface area contributed by atoms with Crippen LogP contribution in [0.2, 0.25) is 0 Å². The SMILES string of the molecule is CCOC(=O)c1ccc(OC(=O)c2ccccc2I)c(Br)c1. The number of carbonyl (C=O) groups excluding carboxylic acids is 2. The standard InChI is InChI=1S/C16H12BrIO4/c1-2-21-15(19)10-7-8-14(12(17)9-10)22-16(20)11-5-3-4-6-13(11)18/h3-9H,2H2,1H3. The van der Waals surface area contributed by atoms with Crippen LogP contribution in [0, 0.1) is 3.57 Å². The van der Waals surface area contributed by atoms with Gasteiger partial charge in [0.1, 0.15) is 5.75 Å². The molecule has 0 aliphatic rings. The highest BCUT2D eigenvalue weighted by Crippen LogP contribution is 2.27. The molecule has 0 fully saturated rings. The Hall–Kier alpha value is -1.41. The van der Waals surface area contributed by atoms with Crippen LogP contribution in [-0.2, 0) is 4.74 Å². The summed E-state index contributed by atoms with van der Waals surface area (Å²) in [5.74, 6) is -0.522. The lowest BCUT2D eigenvalue weighted by atomic mass is 10.2. The lowest BCUT2D eigenvalue weighted by Crippen LogP contribution is -2.11. The van der Waals surface area contributed by atoms with E-state index in [4.69, 9.17) is 9.47 Å². The molecule has 2 aromatic carbocycles. The Balaban J connectivity index is 2.19. The van der Waals surface area contributed by atoms with E-state index in [1.54, 1.807) is 37.3 Å². The molecule has 0 aliphatic carbocycles. The number of hydrogen-bond acceptors (Lipinski definition) is 4. The number of hydrogen-bond donors (Lipinski definition) is 0. The summed E-state index contributed by atoms with van der Waals surface area (Å²) in [6.45, 7) is 2.05. The Morgan fingerprint density at radius 2 is 1.86 bits per heavy atom. The summed E-state index contributed by atoms with van der Waals surface area (Å²) in [6.07, 6.45) is 0. The fourth-order valence-corrected chi connectivity index (χ4v) is 2.77. The molecule has 0 spiro atoms. The molecule has 0 radical (unpaired) electrons. The maximum atomic E-state index is 12.2. The first-order valence-corrected chi connectivity index (χ1v) is 8.33. The van der Waals surface area contributed by atoms with Crippen molar-refractivity contribution >= 4 is 50.5 Å². The van der Waals surface area contributed by atoms with E-state index >= 15 is 0 Å². The summed E-state index contributed by atoms with van der Waals surface area (Å²) in [7, 11) is 0. The van der Waals surface area contributed by atoms with Gasteiger partial charge in [0.15, 0.2) is 0 Å². The van der Waals surface area contributed by atoms with Crippen molar-refractivity contribution in [1.29, 1.82) is 0 Å². The molecule has 0 aromatic heterocycles. The van der Waals surface area contributed by atoms with Crippen LogP contribution in [0.5, 0.6) is 5.75 Å². The van der Waals surface area contributed by atoms with Crippen LogP contribution in [0.1, 0.15) is 27.6 Å². The second-order valence-electron chi connectivity index (χ2n) is 4.24. The first kappa shape index (κ1) is 17.0. The molecular weight excluding hydrogens is 463 g/mol. The maximum absolute atomic E-state index is 12.2. The minimum absolute atomic E-state index is 0.305. The fraction of sp³-hybridized carbons (Fsp3) is 0.125. The highest BCUT2D eigenvalue weighted by molar-refractivity contribution is 14.1. The Kier molecular flexibility index (Phi) is 5.96. The molecule has 0 aliphatic heterocycles. The maximum Gasteiger partial charge on any atom is 0.344 e. The number of esters is 2. The van der Waals surface area contributed by atoms with Crippen molar-refractivity contribution in [2.24, 2.45) is 0 Å². The minimum Gasteiger partial charge on any atom is -0.462 e. The molecule has 0 amide bonds. The molecule has 4 nitrogen and oxygen atoms in total. The zero-order valence-corrected chi connectivity index (χ0v) is 15.4. The van der Waals surface area contributed by atoms with E-state index in [2.05, 4.69) is 38.5 Å².